The van der Waals surface area contributed by atoms with Crippen molar-refractivity contribution in [1.82, 2.24) is 0 Å². The van der Waals surface area contributed by atoms with Crippen molar-refractivity contribution in [1.29, 1.82) is 0 Å². The molecule has 11 rings (SSSR count). The molecular weight excluding hydrogens is 711 g/mol. The van der Waals surface area contributed by atoms with Crippen molar-refractivity contribution in [2.75, 3.05) is 4.90 Å². The number of rotatable bonds is 7. The average Bonchev–Trinajstić information content (AvgIpc) is 3.32. The molecule has 0 spiro atoms. The van der Waals surface area contributed by atoms with E-state index in [1.807, 2.05) is 0 Å². The highest BCUT2D eigenvalue weighted by atomic mass is 15.1. The van der Waals surface area contributed by atoms with Gasteiger partial charge in [-0.15, -0.1) is 0 Å². The van der Waals surface area contributed by atoms with Crippen molar-refractivity contribution in [2.24, 2.45) is 0 Å². The lowest BCUT2D eigenvalue weighted by Crippen LogP contribution is -2.10. The molecule has 0 saturated heterocycles. The van der Waals surface area contributed by atoms with Gasteiger partial charge < -0.3 is 4.90 Å². The SMILES string of the molecule is c1ccc(-c2cc(-c3ccccc3)c3c4ccc(-c5ccc(N(c6ccccc6)c6ccccc6)c6ccccc56)cc4c4ccccc4c3c2-c2ccccc2)cc1. The normalized spacial score (nSPS) is 11.4. The first-order chi connectivity index (χ1) is 29.3. The predicted octanol–water partition coefficient (Wildman–Crippen LogP) is 16.4. The van der Waals surface area contributed by atoms with E-state index in [4.69, 9.17) is 0 Å². The summed E-state index contributed by atoms with van der Waals surface area (Å²) in [6.07, 6.45) is 0. The van der Waals surface area contributed by atoms with Crippen LogP contribution >= 0.6 is 0 Å². The van der Waals surface area contributed by atoms with Crippen LogP contribution in [-0.4, -0.2) is 0 Å². The number of nitrogens with zero attached hydrogens (tertiary/aromatic N) is 1. The Hall–Kier alpha value is -7.74. The fourth-order valence-electron chi connectivity index (χ4n) is 9.23. The maximum Gasteiger partial charge on any atom is 0.0540 e. The Labute approximate surface area is 344 Å². The van der Waals surface area contributed by atoms with Crippen LogP contribution in [0.2, 0.25) is 0 Å². The molecule has 0 heterocycles. The van der Waals surface area contributed by atoms with Crippen LogP contribution in [0.5, 0.6) is 0 Å². The summed E-state index contributed by atoms with van der Waals surface area (Å²) in [5.74, 6) is 0. The Morgan fingerprint density at radius 3 is 1.32 bits per heavy atom. The first kappa shape index (κ1) is 34.5. The van der Waals surface area contributed by atoms with Gasteiger partial charge in [0.25, 0.3) is 0 Å². The van der Waals surface area contributed by atoms with Gasteiger partial charge in [0, 0.05) is 16.8 Å². The molecule has 0 aliphatic rings. The molecule has 0 radical (unpaired) electrons. The molecule has 0 bridgehead atoms. The van der Waals surface area contributed by atoms with Crippen LogP contribution < -0.4 is 4.90 Å². The third kappa shape index (κ3) is 5.95. The lowest BCUT2D eigenvalue weighted by Gasteiger charge is -2.27. The molecule has 0 N–H and O–H groups in total. The monoisotopic (exact) mass is 749 g/mol. The summed E-state index contributed by atoms with van der Waals surface area (Å²) < 4.78 is 0. The van der Waals surface area contributed by atoms with E-state index in [1.165, 1.54) is 87.6 Å². The molecule has 0 saturated carbocycles. The molecule has 0 unspecified atom stereocenters. The summed E-state index contributed by atoms with van der Waals surface area (Å²) in [6.45, 7) is 0. The van der Waals surface area contributed by atoms with Crippen molar-refractivity contribution in [3.05, 3.63) is 237 Å². The zero-order valence-electron chi connectivity index (χ0n) is 32.5. The molecule has 0 amide bonds. The van der Waals surface area contributed by atoms with Crippen LogP contribution in [0, 0.1) is 0 Å². The second-order valence-corrected chi connectivity index (χ2v) is 15.2. The number of anilines is 3. The zero-order valence-corrected chi connectivity index (χ0v) is 32.5. The molecule has 11 aromatic rings. The fourth-order valence-corrected chi connectivity index (χ4v) is 9.23. The molecule has 276 valence electrons. The van der Waals surface area contributed by atoms with E-state index in [2.05, 4.69) is 241 Å². The van der Waals surface area contributed by atoms with Gasteiger partial charge >= 0.3 is 0 Å². The van der Waals surface area contributed by atoms with E-state index < -0.39 is 0 Å². The topological polar surface area (TPSA) is 3.24 Å². The largest absolute Gasteiger partial charge is 0.310 e. The van der Waals surface area contributed by atoms with Crippen molar-refractivity contribution < 1.29 is 0 Å². The van der Waals surface area contributed by atoms with E-state index in [-0.39, 0.29) is 0 Å². The quantitative estimate of drug-likeness (QED) is 0.147. The smallest absolute Gasteiger partial charge is 0.0540 e. The molecule has 0 aliphatic carbocycles. The molecule has 0 aromatic heterocycles. The first-order valence-electron chi connectivity index (χ1n) is 20.4. The Bertz CT molecular complexity index is 3250. The second kappa shape index (κ2) is 14.6. The van der Waals surface area contributed by atoms with Crippen LogP contribution in [0.1, 0.15) is 0 Å². The van der Waals surface area contributed by atoms with E-state index in [0.717, 1.165) is 17.1 Å². The van der Waals surface area contributed by atoms with E-state index >= 15 is 0 Å². The van der Waals surface area contributed by atoms with E-state index in [1.54, 1.807) is 0 Å². The van der Waals surface area contributed by atoms with Gasteiger partial charge in [-0.3, -0.25) is 0 Å². The summed E-state index contributed by atoms with van der Waals surface area (Å²) in [4.78, 5) is 2.37. The predicted molar refractivity (Wildman–Crippen MR) is 253 cm³/mol. The molecular formula is C58H39N. The minimum absolute atomic E-state index is 1.13. The first-order valence-corrected chi connectivity index (χ1v) is 20.4. The number of fused-ring (bicyclic) bond motifs is 7. The maximum atomic E-state index is 2.44. The minimum Gasteiger partial charge on any atom is -0.310 e. The number of benzene rings is 11. The standard InChI is InChI=1S/C58H39N/c1-6-20-40(21-7-1)52-39-53(41-22-8-2-9-23-41)57-51-35-34-43(38-54(51)48-31-17-19-33-50(48)58(57)56(52)42-24-10-3-11-25-42)46-36-37-55(49-32-18-16-30-47(46)49)59(44-26-12-4-13-27-44)45-28-14-5-15-29-45/h1-39H. The van der Waals surface area contributed by atoms with Crippen LogP contribution in [0.15, 0.2) is 237 Å². The summed E-state index contributed by atoms with van der Waals surface area (Å²) in [6, 6.07) is 86.2. The minimum atomic E-state index is 1.13. The fraction of sp³-hybridized carbons (Fsp3) is 0. The van der Waals surface area contributed by atoms with Crippen molar-refractivity contribution in [3.63, 3.8) is 0 Å². The summed E-state index contributed by atoms with van der Waals surface area (Å²) in [5, 5.41) is 9.97. The van der Waals surface area contributed by atoms with Gasteiger partial charge in [-0.05, 0) is 125 Å². The second-order valence-electron chi connectivity index (χ2n) is 15.2. The number of hydrogen-bond donors (Lipinski definition) is 0. The third-order valence-electron chi connectivity index (χ3n) is 11.8. The van der Waals surface area contributed by atoms with Crippen molar-refractivity contribution in [3.8, 4) is 44.5 Å². The van der Waals surface area contributed by atoms with E-state index in [9.17, 15) is 0 Å². The van der Waals surface area contributed by atoms with Gasteiger partial charge in [-0.1, -0.05) is 194 Å². The number of para-hydroxylation sites is 2. The zero-order chi connectivity index (χ0) is 39.1. The Kier molecular flexibility index (Phi) is 8.56. The van der Waals surface area contributed by atoms with Crippen LogP contribution in [-0.2, 0) is 0 Å². The Morgan fingerprint density at radius 2 is 0.712 bits per heavy atom. The van der Waals surface area contributed by atoms with Gasteiger partial charge in [0.2, 0.25) is 0 Å². The molecule has 0 aliphatic heterocycles. The van der Waals surface area contributed by atoms with Gasteiger partial charge in [-0.25, -0.2) is 0 Å². The molecule has 1 heteroatoms. The van der Waals surface area contributed by atoms with Crippen molar-refractivity contribution in [2.45, 2.75) is 0 Å². The van der Waals surface area contributed by atoms with Crippen LogP contribution in [0.4, 0.5) is 17.1 Å². The lowest BCUT2D eigenvalue weighted by atomic mass is 9.81. The summed E-state index contributed by atoms with van der Waals surface area (Å²) in [5.41, 5.74) is 13.2. The van der Waals surface area contributed by atoms with E-state index in [0.29, 0.717) is 0 Å². The van der Waals surface area contributed by atoms with Gasteiger partial charge in [-0.2, -0.15) is 0 Å². The Morgan fingerprint density at radius 1 is 0.237 bits per heavy atom. The molecule has 0 fully saturated rings. The molecule has 1 nitrogen and oxygen atoms in total. The van der Waals surface area contributed by atoms with Gasteiger partial charge in [0.15, 0.2) is 0 Å². The third-order valence-corrected chi connectivity index (χ3v) is 11.8. The highest BCUT2D eigenvalue weighted by molar-refractivity contribution is 6.33. The van der Waals surface area contributed by atoms with Crippen LogP contribution in [0.25, 0.3) is 87.6 Å². The molecule has 11 aromatic carbocycles. The van der Waals surface area contributed by atoms with Gasteiger partial charge in [0.1, 0.15) is 0 Å². The maximum absolute atomic E-state index is 2.44. The summed E-state index contributed by atoms with van der Waals surface area (Å²) >= 11 is 0. The van der Waals surface area contributed by atoms with Crippen LogP contribution in [0.3, 0.4) is 0 Å². The Balaban J connectivity index is 1.21. The van der Waals surface area contributed by atoms with Crippen molar-refractivity contribution >= 4 is 60.2 Å². The number of hydrogen-bond acceptors (Lipinski definition) is 1. The average molecular weight is 750 g/mol. The molecule has 59 heavy (non-hydrogen) atoms. The van der Waals surface area contributed by atoms with Gasteiger partial charge in [0.05, 0.1) is 5.69 Å². The molecule has 0 atom stereocenters. The highest BCUT2D eigenvalue weighted by Crippen LogP contribution is 2.50. The lowest BCUT2D eigenvalue weighted by molar-refractivity contribution is 1.30. The highest BCUT2D eigenvalue weighted by Gasteiger charge is 2.23. The summed E-state index contributed by atoms with van der Waals surface area (Å²) in [7, 11) is 0.